The van der Waals surface area contributed by atoms with Gasteiger partial charge >= 0.3 is 0 Å². The first-order valence-electron chi connectivity index (χ1n) is 6.88. The molecule has 1 aromatic rings. The van der Waals surface area contributed by atoms with E-state index in [0.29, 0.717) is 0 Å². The van der Waals surface area contributed by atoms with Gasteiger partial charge in [0, 0.05) is 23.7 Å². The van der Waals surface area contributed by atoms with Gasteiger partial charge in [-0.3, -0.25) is 4.79 Å². The molecule has 3 nitrogen and oxygen atoms in total. The summed E-state index contributed by atoms with van der Waals surface area (Å²) >= 11 is 1.78. The number of hydrogen-bond donors (Lipinski definition) is 2. The summed E-state index contributed by atoms with van der Waals surface area (Å²) < 4.78 is 0. The summed E-state index contributed by atoms with van der Waals surface area (Å²) in [4.78, 5) is 13.4. The average molecular weight is 315 g/mol. The predicted molar refractivity (Wildman–Crippen MR) is 87.6 cm³/mol. The summed E-state index contributed by atoms with van der Waals surface area (Å²) in [5.74, 6) is 1.10. The molecule has 1 atom stereocenters. The Hall–Kier alpha value is -0.710. The lowest BCUT2D eigenvalue weighted by molar-refractivity contribution is -0.130. The highest BCUT2D eigenvalue weighted by molar-refractivity contribution is 7.99. The molecular weight excluding hydrogens is 292 g/mol. The van der Waals surface area contributed by atoms with Crippen molar-refractivity contribution in [2.45, 2.75) is 24.7 Å². The molecule has 1 saturated heterocycles. The first-order chi connectivity index (χ1) is 9.21. The fourth-order valence-corrected chi connectivity index (χ4v) is 3.10. The molecule has 2 N–H and O–H groups in total. The Kier molecular flexibility index (Phi) is 7.41. The molecule has 0 saturated carbocycles. The van der Waals surface area contributed by atoms with E-state index in [9.17, 15) is 4.79 Å². The van der Waals surface area contributed by atoms with E-state index in [-0.39, 0.29) is 23.7 Å². The number of halogens is 1. The summed E-state index contributed by atoms with van der Waals surface area (Å²) in [5.41, 5.74) is -0.227. The second kappa shape index (κ2) is 8.55. The van der Waals surface area contributed by atoms with Crippen molar-refractivity contribution >= 4 is 30.1 Å². The largest absolute Gasteiger partial charge is 0.355 e. The van der Waals surface area contributed by atoms with Crippen molar-refractivity contribution in [2.24, 2.45) is 5.41 Å². The first-order valence-corrected chi connectivity index (χ1v) is 7.86. The minimum atomic E-state index is -0.227. The molecule has 112 valence electrons. The molecule has 0 spiro atoms. The molecule has 0 aromatic heterocycles. The zero-order chi connectivity index (χ0) is 13.6. The zero-order valence-electron chi connectivity index (χ0n) is 11.9. The smallest absolute Gasteiger partial charge is 0.227 e. The van der Waals surface area contributed by atoms with Crippen LogP contribution in [0.2, 0.25) is 0 Å². The highest BCUT2D eigenvalue weighted by Crippen LogP contribution is 2.25. The number of benzene rings is 1. The molecular formula is C15H23ClN2OS. The number of thioether (sulfide) groups is 1. The molecule has 1 heterocycles. The Morgan fingerprint density at radius 1 is 1.40 bits per heavy atom. The van der Waals surface area contributed by atoms with Gasteiger partial charge in [0.15, 0.2) is 0 Å². The van der Waals surface area contributed by atoms with Crippen LogP contribution in [-0.4, -0.2) is 31.3 Å². The van der Waals surface area contributed by atoms with Crippen LogP contribution in [-0.2, 0) is 4.79 Å². The van der Waals surface area contributed by atoms with Crippen molar-refractivity contribution < 1.29 is 4.79 Å². The van der Waals surface area contributed by atoms with E-state index in [4.69, 9.17) is 0 Å². The van der Waals surface area contributed by atoms with E-state index in [0.717, 1.165) is 38.2 Å². The molecule has 0 radical (unpaired) electrons. The predicted octanol–water partition coefficient (Wildman–Crippen LogP) is 2.71. The normalized spacial score (nSPS) is 21.9. The number of carbonyl (C=O) groups excluding carboxylic acids is 1. The van der Waals surface area contributed by atoms with Gasteiger partial charge in [-0.2, -0.15) is 0 Å². The lowest BCUT2D eigenvalue weighted by Gasteiger charge is -2.32. The van der Waals surface area contributed by atoms with Crippen LogP contribution in [0, 0.1) is 5.41 Å². The maximum atomic E-state index is 12.2. The maximum Gasteiger partial charge on any atom is 0.227 e. The van der Waals surface area contributed by atoms with Crippen molar-refractivity contribution in [3.05, 3.63) is 30.3 Å². The number of piperidine rings is 1. The molecule has 1 aliphatic rings. The van der Waals surface area contributed by atoms with Crippen LogP contribution in [0.3, 0.4) is 0 Å². The van der Waals surface area contributed by atoms with Crippen LogP contribution >= 0.6 is 24.2 Å². The summed E-state index contributed by atoms with van der Waals surface area (Å²) in [6.07, 6.45) is 2.07. The second-order valence-corrected chi connectivity index (χ2v) is 6.43. The van der Waals surface area contributed by atoms with Crippen LogP contribution in [0.5, 0.6) is 0 Å². The van der Waals surface area contributed by atoms with Crippen molar-refractivity contribution in [1.82, 2.24) is 10.6 Å². The van der Waals surface area contributed by atoms with E-state index >= 15 is 0 Å². The van der Waals surface area contributed by atoms with Crippen molar-refractivity contribution in [2.75, 3.05) is 25.4 Å². The lowest BCUT2D eigenvalue weighted by atomic mass is 9.82. The van der Waals surface area contributed by atoms with Crippen LogP contribution in [0.25, 0.3) is 0 Å². The summed E-state index contributed by atoms with van der Waals surface area (Å²) in [6.45, 7) is 4.62. The van der Waals surface area contributed by atoms with E-state index in [1.54, 1.807) is 11.8 Å². The second-order valence-electron chi connectivity index (χ2n) is 5.26. The quantitative estimate of drug-likeness (QED) is 0.648. The van der Waals surface area contributed by atoms with E-state index in [1.165, 1.54) is 4.90 Å². The molecule has 1 fully saturated rings. The molecule has 5 heteroatoms. The monoisotopic (exact) mass is 314 g/mol. The van der Waals surface area contributed by atoms with Gasteiger partial charge in [-0.1, -0.05) is 18.2 Å². The number of carbonyl (C=O) groups is 1. The Morgan fingerprint density at radius 3 is 2.80 bits per heavy atom. The van der Waals surface area contributed by atoms with Crippen molar-refractivity contribution in [1.29, 1.82) is 0 Å². The average Bonchev–Trinajstić information content (AvgIpc) is 2.45. The summed E-state index contributed by atoms with van der Waals surface area (Å²) in [6, 6.07) is 10.3. The zero-order valence-corrected chi connectivity index (χ0v) is 13.5. The van der Waals surface area contributed by atoms with Gasteiger partial charge in [-0.15, -0.1) is 24.2 Å². The Balaban J connectivity index is 0.00000200. The van der Waals surface area contributed by atoms with Crippen molar-refractivity contribution in [3.8, 4) is 0 Å². The van der Waals surface area contributed by atoms with Gasteiger partial charge in [0.25, 0.3) is 0 Å². The molecule has 2 rings (SSSR count). The first kappa shape index (κ1) is 17.3. The number of nitrogens with one attached hydrogen (secondary N) is 2. The van der Waals surface area contributed by atoms with E-state index in [1.807, 2.05) is 18.2 Å². The highest BCUT2D eigenvalue weighted by atomic mass is 35.5. The summed E-state index contributed by atoms with van der Waals surface area (Å²) in [5, 5.41) is 6.37. The van der Waals surface area contributed by atoms with Gasteiger partial charge in [-0.25, -0.2) is 0 Å². The van der Waals surface area contributed by atoms with Gasteiger partial charge in [0.1, 0.15) is 0 Å². The van der Waals surface area contributed by atoms with Gasteiger partial charge in [0.05, 0.1) is 5.41 Å². The molecule has 1 aliphatic heterocycles. The topological polar surface area (TPSA) is 41.1 Å². The Morgan fingerprint density at radius 2 is 2.15 bits per heavy atom. The van der Waals surface area contributed by atoms with Crippen molar-refractivity contribution in [3.63, 3.8) is 0 Å². The van der Waals surface area contributed by atoms with Gasteiger partial charge in [0.2, 0.25) is 5.91 Å². The lowest BCUT2D eigenvalue weighted by Crippen LogP contribution is -2.49. The third-order valence-electron chi connectivity index (χ3n) is 3.55. The highest BCUT2D eigenvalue weighted by Gasteiger charge is 2.34. The molecule has 1 unspecified atom stereocenters. The summed E-state index contributed by atoms with van der Waals surface area (Å²) in [7, 11) is 0. The van der Waals surface area contributed by atoms with Gasteiger partial charge in [-0.05, 0) is 38.4 Å². The fraction of sp³-hybridized carbons (Fsp3) is 0.533. The minimum Gasteiger partial charge on any atom is -0.355 e. The van der Waals surface area contributed by atoms with E-state index in [2.05, 4.69) is 29.7 Å². The van der Waals surface area contributed by atoms with Gasteiger partial charge < -0.3 is 10.6 Å². The minimum absolute atomic E-state index is 0. The third kappa shape index (κ3) is 5.00. The number of hydrogen-bond acceptors (Lipinski definition) is 3. The third-order valence-corrected chi connectivity index (χ3v) is 4.56. The molecule has 1 amide bonds. The Bertz CT molecular complexity index is 408. The maximum absolute atomic E-state index is 12.2. The Labute approximate surface area is 131 Å². The molecule has 0 aliphatic carbocycles. The van der Waals surface area contributed by atoms with Crippen LogP contribution in [0.4, 0.5) is 0 Å². The molecule has 20 heavy (non-hydrogen) atoms. The van der Waals surface area contributed by atoms with Crippen LogP contribution in [0.15, 0.2) is 35.2 Å². The SMILES string of the molecule is CC1(C(=O)NCCSc2ccccc2)CCCNC1.Cl. The van der Waals surface area contributed by atoms with Crippen LogP contribution < -0.4 is 10.6 Å². The van der Waals surface area contributed by atoms with Crippen LogP contribution in [0.1, 0.15) is 19.8 Å². The number of rotatable bonds is 5. The molecule has 0 bridgehead atoms. The van der Waals surface area contributed by atoms with E-state index < -0.39 is 0 Å². The molecule has 1 aromatic carbocycles. The fourth-order valence-electron chi connectivity index (χ4n) is 2.31. The number of amides is 1. The standard InChI is InChI=1S/C15H22N2OS.ClH/c1-15(8-5-9-16-12-15)14(18)17-10-11-19-13-6-3-2-4-7-13;/h2-4,6-7,16H,5,8-12H2,1H3,(H,17,18);1H.